The van der Waals surface area contributed by atoms with E-state index in [1.165, 1.54) is 15.8 Å². The van der Waals surface area contributed by atoms with Crippen molar-refractivity contribution >= 4 is 44.9 Å². The first-order chi connectivity index (χ1) is 12.5. The molecule has 0 spiro atoms. The van der Waals surface area contributed by atoms with Crippen LogP contribution in [0.1, 0.15) is 34.4 Å². The Kier molecular flexibility index (Phi) is 5.94. The number of amides is 1. The molecule has 0 aliphatic carbocycles. The van der Waals surface area contributed by atoms with Crippen LogP contribution in [0.5, 0.6) is 0 Å². The number of carbonyl (C=O) groups excluding carboxylic acids is 1. The Hall–Kier alpha value is -1.92. The quantitative estimate of drug-likeness (QED) is 0.349. The average Bonchev–Trinajstić information content (AvgIpc) is 2.90. The molecule has 0 fully saturated rings. The van der Waals surface area contributed by atoms with Crippen molar-refractivity contribution < 1.29 is 4.79 Å². The number of aromatic nitrogens is 2. The predicted octanol–water partition coefficient (Wildman–Crippen LogP) is 5.44. The summed E-state index contributed by atoms with van der Waals surface area (Å²) in [6.45, 7) is 8.28. The molecule has 6 heteroatoms. The zero-order chi connectivity index (χ0) is 18.7. The maximum Gasteiger partial charge on any atom is 0.224 e. The maximum atomic E-state index is 12.3. The summed E-state index contributed by atoms with van der Waals surface area (Å²) in [6, 6.07) is 6.04. The van der Waals surface area contributed by atoms with E-state index in [0.29, 0.717) is 6.42 Å². The number of aryl methyl sites for hydroxylation is 4. The van der Waals surface area contributed by atoms with Gasteiger partial charge in [-0.25, -0.2) is 9.97 Å². The number of nitrogens with zero attached hydrogens (tertiary/aromatic N) is 2. The Morgan fingerprint density at radius 1 is 1.15 bits per heavy atom. The van der Waals surface area contributed by atoms with E-state index in [9.17, 15) is 4.79 Å². The molecular formula is C20H23N3OS2. The van der Waals surface area contributed by atoms with Crippen LogP contribution in [0.25, 0.3) is 10.2 Å². The molecule has 2 aromatic heterocycles. The van der Waals surface area contributed by atoms with Gasteiger partial charge in [-0.1, -0.05) is 18.2 Å². The zero-order valence-electron chi connectivity index (χ0n) is 15.5. The lowest BCUT2D eigenvalue weighted by molar-refractivity contribution is -0.116. The third-order valence-electron chi connectivity index (χ3n) is 4.46. The van der Waals surface area contributed by atoms with E-state index in [2.05, 4.69) is 29.1 Å². The van der Waals surface area contributed by atoms with Gasteiger partial charge in [-0.15, -0.1) is 23.1 Å². The Labute approximate surface area is 162 Å². The second kappa shape index (κ2) is 8.18. The minimum absolute atomic E-state index is 0.0680. The first-order valence-electron chi connectivity index (χ1n) is 8.67. The lowest BCUT2D eigenvalue weighted by Crippen LogP contribution is -2.13. The van der Waals surface area contributed by atoms with Crippen molar-refractivity contribution in [3.63, 3.8) is 0 Å². The summed E-state index contributed by atoms with van der Waals surface area (Å²) >= 11 is 3.42. The van der Waals surface area contributed by atoms with Gasteiger partial charge in [0.25, 0.3) is 0 Å². The van der Waals surface area contributed by atoms with Crippen LogP contribution in [-0.2, 0) is 4.79 Å². The van der Waals surface area contributed by atoms with Crippen molar-refractivity contribution in [3.8, 4) is 0 Å². The Balaban J connectivity index is 1.55. The number of thiophene rings is 1. The van der Waals surface area contributed by atoms with Gasteiger partial charge >= 0.3 is 0 Å². The molecule has 1 aromatic carbocycles. The summed E-state index contributed by atoms with van der Waals surface area (Å²) in [6.07, 6.45) is 2.96. The van der Waals surface area contributed by atoms with Gasteiger partial charge in [0.2, 0.25) is 5.91 Å². The van der Waals surface area contributed by atoms with Gasteiger partial charge in [0, 0.05) is 28.1 Å². The average molecular weight is 386 g/mol. The molecule has 0 unspecified atom stereocenters. The molecule has 0 bridgehead atoms. The van der Waals surface area contributed by atoms with Gasteiger partial charge < -0.3 is 5.32 Å². The largest absolute Gasteiger partial charge is 0.326 e. The highest BCUT2D eigenvalue weighted by molar-refractivity contribution is 7.99. The Morgan fingerprint density at radius 2 is 1.88 bits per heavy atom. The van der Waals surface area contributed by atoms with Gasteiger partial charge in [0.1, 0.15) is 16.2 Å². The van der Waals surface area contributed by atoms with Crippen molar-refractivity contribution in [2.75, 3.05) is 11.1 Å². The molecule has 0 aliphatic heterocycles. The third-order valence-corrected chi connectivity index (χ3v) is 6.65. The van der Waals surface area contributed by atoms with Crippen LogP contribution in [0.4, 0.5) is 5.69 Å². The van der Waals surface area contributed by atoms with Gasteiger partial charge in [-0.3, -0.25) is 4.79 Å². The number of thioether (sulfide) groups is 1. The van der Waals surface area contributed by atoms with Crippen LogP contribution >= 0.6 is 23.1 Å². The first-order valence-corrected chi connectivity index (χ1v) is 10.5. The van der Waals surface area contributed by atoms with Crippen LogP contribution in [0.15, 0.2) is 29.6 Å². The predicted molar refractivity (Wildman–Crippen MR) is 111 cm³/mol. The third kappa shape index (κ3) is 4.07. The van der Waals surface area contributed by atoms with E-state index in [0.717, 1.165) is 38.8 Å². The van der Waals surface area contributed by atoms with Gasteiger partial charge in [0.15, 0.2) is 0 Å². The molecule has 0 saturated heterocycles. The summed E-state index contributed by atoms with van der Waals surface area (Å²) < 4.78 is 0. The smallest absolute Gasteiger partial charge is 0.224 e. The highest BCUT2D eigenvalue weighted by Crippen LogP contribution is 2.34. The standard InChI is InChI=1S/C20H23N3OS2/c1-12-7-5-8-13(2)18(12)23-16(24)9-6-10-25-19-17-14(3)15(4)26-20(17)22-11-21-19/h5,7-8,11H,6,9-10H2,1-4H3,(H,23,24). The Bertz CT molecular complexity index is 929. The second-order valence-corrected chi connectivity index (χ2v) is 8.70. The van der Waals surface area contributed by atoms with E-state index in [1.54, 1.807) is 29.4 Å². The van der Waals surface area contributed by atoms with Crippen LogP contribution in [0, 0.1) is 27.7 Å². The molecule has 136 valence electrons. The lowest BCUT2D eigenvalue weighted by Gasteiger charge is -2.11. The maximum absolute atomic E-state index is 12.3. The monoisotopic (exact) mass is 385 g/mol. The van der Waals surface area contributed by atoms with Crippen molar-refractivity contribution in [3.05, 3.63) is 46.1 Å². The van der Waals surface area contributed by atoms with Crippen LogP contribution in [-0.4, -0.2) is 21.6 Å². The molecule has 0 aliphatic rings. The zero-order valence-corrected chi connectivity index (χ0v) is 17.2. The number of hydrogen-bond acceptors (Lipinski definition) is 5. The SMILES string of the molecule is Cc1cccc(C)c1NC(=O)CCCSc1ncnc2sc(C)c(C)c12. The fourth-order valence-corrected chi connectivity index (χ4v) is 4.93. The Morgan fingerprint density at radius 3 is 2.62 bits per heavy atom. The fourth-order valence-electron chi connectivity index (χ4n) is 2.87. The summed E-state index contributed by atoms with van der Waals surface area (Å²) in [5, 5.41) is 5.23. The minimum Gasteiger partial charge on any atom is -0.326 e. The molecule has 26 heavy (non-hydrogen) atoms. The van der Waals surface area contributed by atoms with E-state index in [1.807, 2.05) is 32.0 Å². The molecule has 1 N–H and O–H groups in total. The molecule has 0 saturated carbocycles. The lowest BCUT2D eigenvalue weighted by atomic mass is 10.1. The number of nitrogens with one attached hydrogen (secondary N) is 1. The van der Waals surface area contributed by atoms with Crippen LogP contribution in [0.2, 0.25) is 0 Å². The summed E-state index contributed by atoms with van der Waals surface area (Å²) in [5.41, 5.74) is 4.40. The molecular weight excluding hydrogens is 362 g/mol. The first kappa shape index (κ1) is 18.9. The number of anilines is 1. The number of carbonyl (C=O) groups is 1. The van der Waals surface area contributed by atoms with Crippen LogP contribution in [0.3, 0.4) is 0 Å². The van der Waals surface area contributed by atoms with E-state index >= 15 is 0 Å². The van der Waals surface area contributed by atoms with Crippen molar-refractivity contribution in [2.45, 2.75) is 45.6 Å². The highest BCUT2D eigenvalue weighted by atomic mass is 32.2. The number of fused-ring (bicyclic) bond motifs is 1. The summed E-state index contributed by atoms with van der Waals surface area (Å²) in [5.74, 6) is 0.930. The van der Waals surface area contributed by atoms with Gasteiger partial charge in [0.05, 0.1) is 0 Å². The van der Waals surface area contributed by atoms with Crippen molar-refractivity contribution in [2.24, 2.45) is 0 Å². The summed E-state index contributed by atoms with van der Waals surface area (Å²) in [4.78, 5) is 23.4. The number of hydrogen-bond donors (Lipinski definition) is 1. The van der Waals surface area contributed by atoms with Gasteiger partial charge in [-0.05, 0) is 50.8 Å². The second-order valence-electron chi connectivity index (χ2n) is 6.41. The van der Waals surface area contributed by atoms with Gasteiger partial charge in [-0.2, -0.15) is 0 Å². The van der Waals surface area contributed by atoms with Crippen molar-refractivity contribution in [1.29, 1.82) is 0 Å². The van der Waals surface area contributed by atoms with E-state index in [4.69, 9.17) is 0 Å². The number of para-hydroxylation sites is 1. The fraction of sp³-hybridized carbons (Fsp3) is 0.350. The molecule has 1 amide bonds. The minimum atomic E-state index is 0.0680. The van der Waals surface area contributed by atoms with Crippen molar-refractivity contribution in [1.82, 2.24) is 9.97 Å². The molecule has 4 nitrogen and oxygen atoms in total. The molecule has 2 heterocycles. The topological polar surface area (TPSA) is 54.9 Å². The normalized spacial score (nSPS) is 11.1. The van der Waals surface area contributed by atoms with E-state index < -0.39 is 0 Å². The van der Waals surface area contributed by atoms with E-state index in [-0.39, 0.29) is 5.91 Å². The summed E-state index contributed by atoms with van der Waals surface area (Å²) in [7, 11) is 0. The number of rotatable bonds is 6. The number of benzene rings is 1. The molecule has 3 rings (SSSR count). The molecule has 0 atom stereocenters. The molecule has 0 radical (unpaired) electrons. The van der Waals surface area contributed by atoms with Crippen LogP contribution < -0.4 is 5.32 Å². The highest BCUT2D eigenvalue weighted by Gasteiger charge is 2.12. The molecule has 3 aromatic rings.